The second kappa shape index (κ2) is 6.19. The van der Waals surface area contributed by atoms with Gasteiger partial charge in [-0.3, -0.25) is 10.1 Å². The third kappa shape index (κ3) is 2.70. The molecule has 0 saturated heterocycles. The molecule has 0 bridgehead atoms. The van der Waals surface area contributed by atoms with Gasteiger partial charge >= 0.3 is 0 Å². The number of benzene rings is 2. The predicted octanol–water partition coefficient (Wildman–Crippen LogP) is 5.19. The number of ether oxygens (including phenoxy) is 1. The Morgan fingerprint density at radius 3 is 2.84 bits per heavy atom. The molecule has 0 aromatic heterocycles. The molecule has 0 radical (unpaired) electrons. The van der Waals surface area contributed by atoms with E-state index in [1.165, 1.54) is 0 Å². The van der Waals surface area contributed by atoms with E-state index in [1.54, 1.807) is 19.2 Å². The molecule has 1 heterocycles. The lowest BCUT2D eigenvalue weighted by Gasteiger charge is -2.37. The molecule has 0 spiro atoms. The molecule has 6 heteroatoms. The number of nitro benzene ring substituents is 1. The molecule has 0 saturated carbocycles. The van der Waals surface area contributed by atoms with Crippen molar-refractivity contribution in [3.05, 3.63) is 74.3 Å². The van der Waals surface area contributed by atoms with Crippen LogP contribution in [0.4, 0.5) is 11.4 Å². The maximum absolute atomic E-state index is 11.1. The highest BCUT2D eigenvalue weighted by atomic mass is 79.9. The first kappa shape index (κ1) is 16.1. The Hall–Kier alpha value is -2.34. The summed E-state index contributed by atoms with van der Waals surface area (Å²) in [5.74, 6) is 1.32. The summed E-state index contributed by atoms with van der Waals surface area (Å²) in [6, 6.07) is 11.2. The van der Waals surface area contributed by atoms with Crippen molar-refractivity contribution in [1.29, 1.82) is 0 Å². The van der Waals surface area contributed by atoms with Gasteiger partial charge in [0.2, 0.25) is 0 Å². The highest BCUT2D eigenvalue weighted by Crippen LogP contribution is 2.51. The monoisotopic (exact) mass is 400 g/mol. The van der Waals surface area contributed by atoms with Crippen LogP contribution >= 0.6 is 15.9 Å². The van der Waals surface area contributed by atoms with Crippen LogP contribution in [0.25, 0.3) is 0 Å². The number of hydrogen-bond donors (Lipinski definition) is 1. The lowest BCUT2D eigenvalue weighted by atomic mass is 9.76. The summed E-state index contributed by atoms with van der Waals surface area (Å²) in [7, 11) is 1.68. The van der Waals surface area contributed by atoms with Gasteiger partial charge in [0.15, 0.2) is 0 Å². The maximum atomic E-state index is 11.1. The zero-order valence-corrected chi connectivity index (χ0v) is 15.2. The fraction of sp³-hybridized carbons (Fsp3) is 0.263. The molecular weight excluding hydrogens is 384 g/mol. The molecule has 1 N–H and O–H groups in total. The molecule has 4 rings (SSSR count). The smallest absolute Gasteiger partial charge is 0.269 e. The molecule has 1 aliphatic heterocycles. The third-order valence-corrected chi connectivity index (χ3v) is 5.58. The van der Waals surface area contributed by atoms with Crippen molar-refractivity contribution in [2.75, 3.05) is 12.4 Å². The number of rotatable bonds is 3. The van der Waals surface area contributed by atoms with Crippen molar-refractivity contribution in [3.8, 4) is 5.75 Å². The Morgan fingerprint density at radius 2 is 2.08 bits per heavy atom. The van der Waals surface area contributed by atoms with Crippen molar-refractivity contribution in [3.63, 3.8) is 0 Å². The highest BCUT2D eigenvalue weighted by Gasteiger charge is 2.39. The Bertz CT molecular complexity index is 881. The standard InChI is InChI=1S/C19H17BrN2O3/c1-25-18-8-5-11(20)9-16(18)19-14-4-2-3-13(14)15-10-12(22(23)24)6-7-17(15)21-19/h2-3,5-10,13-14,19,21H,4H2,1H3/t13-,14-,19+/m0/s1. The van der Waals surface area contributed by atoms with Crippen LogP contribution in [-0.4, -0.2) is 12.0 Å². The number of hydrogen-bond acceptors (Lipinski definition) is 4. The molecular formula is C19H17BrN2O3. The van der Waals surface area contributed by atoms with Gasteiger partial charge in [-0.05, 0) is 42.2 Å². The lowest BCUT2D eigenvalue weighted by molar-refractivity contribution is -0.384. The zero-order valence-electron chi connectivity index (χ0n) is 13.6. The van der Waals surface area contributed by atoms with Gasteiger partial charge in [0.1, 0.15) is 5.75 Å². The van der Waals surface area contributed by atoms with E-state index in [2.05, 4.69) is 39.5 Å². The van der Waals surface area contributed by atoms with E-state index in [4.69, 9.17) is 4.74 Å². The van der Waals surface area contributed by atoms with Gasteiger partial charge in [-0.15, -0.1) is 0 Å². The minimum atomic E-state index is -0.336. The van der Waals surface area contributed by atoms with Gasteiger partial charge < -0.3 is 10.1 Å². The van der Waals surface area contributed by atoms with Crippen molar-refractivity contribution in [2.45, 2.75) is 18.4 Å². The molecule has 2 aromatic rings. The third-order valence-electron chi connectivity index (χ3n) is 5.08. The topological polar surface area (TPSA) is 64.4 Å². The van der Waals surface area contributed by atoms with Crippen LogP contribution in [0, 0.1) is 16.0 Å². The molecule has 128 valence electrons. The maximum Gasteiger partial charge on any atom is 0.269 e. The Labute approximate surface area is 154 Å². The molecule has 0 fully saturated rings. The van der Waals surface area contributed by atoms with E-state index in [9.17, 15) is 10.1 Å². The van der Waals surface area contributed by atoms with Gasteiger partial charge in [-0.2, -0.15) is 0 Å². The van der Waals surface area contributed by atoms with Crippen LogP contribution < -0.4 is 10.1 Å². The van der Waals surface area contributed by atoms with Crippen molar-refractivity contribution < 1.29 is 9.66 Å². The minimum Gasteiger partial charge on any atom is -0.496 e. The Morgan fingerprint density at radius 1 is 1.24 bits per heavy atom. The first-order chi connectivity index (χ1) is 12.1. The fourth-order valence-corrected chi connectivity index (χ4v) is 4.33. The summed E-state index contributed by atoms with van der Waals surface area (Å²) in [6.07, 6.45) is 5.27. The summed E-state index contributed by atoms with van der Waals surface area (Å²) in [5.41, 5.74) is 3.18. The van der Waals surface area contributed by atoms with Gasteiger partial charge in [-0.25, -0.2) is 0 Å². The van der Waals surface area contributed by atoms with Crippen LogP contribution in [-0.2, 0) is 0 Å². The van der Waals surface area contributed by atoms with Crippen molar-refractivity contribution in [2.24, 2.45) is 5.92 Å². The van der Waals surface area contributed by atoms with E-state index >= 15 is 0 Å². The van der Waals surface area contributed by atoms with E-state index in [-0.39, 0.29) is 22.6 Å². The molecule has 0 amide bonds. The van der Waals surface area contributed by atoms with Gasteiger partial charge in [-0.1, -0.05) is 28.1 Å². The summed E-state index contributed by atoms with van der Waals surface area (Å²) in [6.45, 7) is 0. The minimum absolute atomic E-state index is 0.0846. The molecule has 2 aliphatic rings. The lowest BCUT2D eigenvalue weighted by Crippen LogP contribution is -2.29. The predicted molar refractivity (Wildman–Crippen MR) is 100 cm³/mol. The Kier molecular flexibility index (Phi) is 4.00. The number of fused-ring (bicyclic) bond motifs is 3. The molecule has 1 aliphatic carbocycles. The molecule has 3 atom stereocenters. The largest absolute Gasteiger partial charge is 0.496 e. The van der Waals surface area contributed by atoms with Crippen LogP contribution in [0.3, 0.4) is 0 Å². The van der Waals surface area contributed by atoms with Gasteiger partial charge in [0.05, 0.1) is 18.1 Å². The number of anilines is 1. The number of halogens is 1. The summed E-state index contributed by atoms with van der Waals surface area (Å²) < 4.78 is 6.57. The average molecular weight is 401 g/mol. The van der Waals surface area contributed by atoms with Crippen LogP contribution in [0.5, 0.6) is 5.75 Å². The number of nitrogens with one attached hydrogen (secondary N) is 1. The van der Waals surface area contributed by atoms with Crippen LogP contribution in [0.15, 0.2) is 53.0 Å². The molecule has 25 heavy (non-hydrogen) atoms. The average Bonchev–Trinajstić information content (AvgIpc) is 3.10. The van der Waals surface area contributed by atoms with Crippen molar-refractivity contribution in [1.82, 2.24) is 0 Å². The molecule has 5 nitrogen and oxygen atoms in total. The summed E-state index contributed by atoms with van der Waals surface area (Å²) in [4.78, 5) is 10.8. The van der Waals surface area contributed by atoms with Crippen LogP contribution in [0.2, 0.25) is 0 Å². The highest BCUT2D eigenvalue weighted by molar-refractivity contribution is 9.10. The molecule has 0 unspecified atom stereocenters. The Balaban J connectivity index is 1.81. The number of nitrogens with zero attached hydrogens (tertiary/aromatic N) is 1. The summed E-state index contributed by atoms with van der Waals surface area (Å²) in [5, 5.41) is 14.7. The fourth-order valence-electron chi connectivity index (χ4n) is 3.95. The summed E-state index contributed by atoms with van der Waals surface area (Å²) >= 11 is 3.55. The van der Waals surface area contributed by atoms with E-state index in [0.29, 0.717) is 5.92 Å². The first-order valence-electron chi connectivity index (χ1n) is 8.13. The number of methoxy groups -OCH3 is 1. The second-order valence-electron chi connectivity index (χ2n) is 6.39. The SMILES string of the molecule is COc1ccc(Br)cc1[C@@H]1Nc2ccc([N+](=O)[O-])cc2[C@H]2C=CC[C@@H]21. The normalized spacial score (nSPS) is 23.5. The quantitative estimate of drug-likeness (QED) is 0.437. The zero-order chi connectivity index (χ0) is 17.6. The van der Waals surface area contributed by atoms with Gasteiger partial charge in [0.25, 0.3) is 5.69 Å². The first-order valence-corrected chi connectivity index (χ1v) is 8.93. The molecule has 2 aromatic carbocycles. The van der Waals surface area contributed by atoms with Gasteiger partial charge in [0, 0.05) is 33.8 Å². The van der Waals surface area contributed by atoms with E-state index < -0.39 is 0 Å². The van der Waals surface area contributed by atoms with Crippen molar-refractivity contribution >= 4 is 27.3 Å². The number of nitro groups is 1. The number of allylic oxidation sites excluding steroid dienone is 2. The number of non-ortho nitro benzene ring substituents is 1. The van der Waals surface area contributed by atoms with Crippen LogP contribution in [0.1, 0.15) is 29.5 Å². The van der Waals surface area contributed by atoms with E-state index in [1.807, 2.05) is 18.2 Å². The van der Waals surface area contributed by atoms with E-state index in [0.717, 1.165) is 33.5 Å². The second-order valence-corrected chi connectivity index (χ2v) is 7.31.